The molecule has 98 valence electrons. The Kier molecular flexibility index (Phi) is 3.51. The van der Waals surface area contributed by atoms with Crippen molar-refractivity contribution < 1.29 is 9.90 Å². The van der Waals surface area contributed by atoms with E-state index in [4.69, 9.17) is 0 Å². The van der Waals surface area contributed by atoms with Crippen molar-refractivity contribution in [1.82, 2.24) is 9.78 Å². The number of aromatic nitrogens is 2. The van der Waals surface area contributed by atoms with Gasteiger partial charge in [0, 0.05) is 0 Å². The fourth-order valence-corrected chi connectivity index (χ4v) is 1.93. The van der Waals surface area contributed by atoms with Gasteiger partial charge in [0.15, 0.2) is 0 Å². The number of aromatic carboxylic acids is 1. The molecule has 0 aliphatic rings. The minimum absolute atomic E-state index is 0.212. The van der Waals surface area contributed by atoms with Crippen LogP contribution in [-0.2, 0) is 0 Å². The molecule has 4 nitrogen and oxygen atoms in total. The van der Waals surface area contributed by atoms with Crippen LogP contribution in [-0.4, -0.2) is 20.9 Å². The Balaban J connectivity index is 2.68. The summed E-state index contributed by atoms with van der Waals surface area (Å²) in [5.74, 6) is -0.965. The summed E-state index contributed by atoms with van der Waals surface area (Å²) in [6.45, 7) is 5.84. The molecule has 0 saturated carbocycles. The highest BCUT2D eigenvalue weighted by molar-refractivity contribution is 5.91. The third-order valence-electron chi connectivity index (χ3n) is 2.81. The van der Waals surface area contributed by atoms with Crippen molar-refractivity contribution in [2.45, 2.75) is 20.8 Å². The van der Waals surface area contributed by atoms with Gasteiger partial charge in [-0.25, -0.2) is 9.48 Å². The van der Waals surface area contributed by atoms with E-state index in [2.05, 4.69) is 5.10 Å². The number of para-hydroxylation sites is 1. The number of benzene rings is 1. The molecular weight excluding hydrogens is 240 g/mol. The van der Waals surface area contributed by atoms with Crippen LogP contribution in [0.1, 0.15) is 35.5 Å². The summed E-state index contributed by atoms with van der Waals surface area (Å²) in [7, 11) is 0. The van der Waals surface area contributed by atoms with E-state index in [9.17, 15) is 9.90 Å². The summed E-state index contributed by atoms with van der Waals surface area (Å²) in [5.41, 5.74) is 3.78. The highest BCUT2D eigenvalue weighted by Crippen LogP contribution is 2.20. The van der Waals surface area contributed by atoms with Crippen LogP contribution in [0.15, 0.2) is 36.0 Å². The second kappa shape index (κ2) is 5.10. The standard InChI is InChI=1S/C15H16N2O2/c1-10(2)8-14-12(15(18)19)9-16-17(14)13-7-5-4-6-11(13)3/h4-9H,1-3H3,(H,18,19). The van der Waals surface area contributed by atoms with Crippen LogP contribution in [0.3, 0.4) is 0 Å². The Labute approximate surface area is 112 Å². The van der Waals surface area contributed by atoms with Crippen LogP contribution in [0.2, 0.25) is 0 Å². The first-order valence-corrected chi connectivity index (χ1v) is 6.03. The normalized spacial score (nSPS) is 10.3. The first kappa shape index (κ1) is 13.1. The number of aryl methyl sites for hydroxylation is 1. The molecule has 0 unspecified atom stereocenters. The molecule has 2 aromatic rings. The second-order valence-electron chi connectivity index (χ2n) is 4.67. The number of hydrogen-bond donors (Lipinski definition) is 1. The van der Waals surface area contributed by atoms with Gasteiger partial charge in [0.1, 0.15) is 5.56 Å². The minimum Gasteiger partial charge on any atom is -0.478 e. The van der Waals surface area contributed by atoms with Gasteiger partial charge in [-0.1, -0.05) is 23.8 Å². The maximum absolute atomic E-state index is 11.3. The lowest BCUT2D eigenvalue weighted by molar-refractivity contribution is 0.0696. The molecule has 0 saturated heterocycles. The first-order chi connectivity index (χ1) is 9.00. The van der Waals surface area contributed by atoms with Crippen molar-refractivity contribution in [2.24, 2.45) is 0 Å². The fraction of sp³-hybridized carbons (Fsp3) is 0.200. The molecule has 0 amide bonds. The van der Waals surface area contributed by atoms with Gasteiger partial charge in [-0.3, -0.25) is 0 Å². The van der Waals surface area contributed by atoms with Gasteiger partial charge in [-0.2, -0.15) is 5.10 Å². The molecule has 0 atom stereocenters. The van der Waals surface area contributed by atoms with Gasteiger partial charge in [0.05, 0.1) is 17.6 Å². The van der Waals surface area contributed by atoms with Crippen molar-refractivity contribution in [3.8, 4) is 5.69 Å². The highest BCUT2D eigenvalue weighted by atomic mass is 16.4. The van der Waals surface area contributed by atoms with Crippen molar-refractivity contribution in [1.29, 1.82) is 0 Å². The molecule has 1 heterocycles. The van der Waals surface area contributed by atoms with Gasteiger partial charge in [-0.05, 0) is 38.5 Å². The molecule has 0 aliphatic carbocycles. The quantitative estimate of drug-likeness (QED) is 0.916. The lowest BCUT2D eigenvalue weighted by Crippen LogP contribution is -2.04. The monoisotopic (exact) mass is 256 g/mol. The number of carbonyl (C=O) groups is 1. The van der Waals surface area contributed by atoms with E-state index in [-0.39, 0.29) is 5.56 Å². The predicted octanol–water partition coefficient (Wildman–Crippen LogP) is 3.30. The first-order valence-electron chi connectivity index (χ1n) is 6.03. The third kappa shape index (κ3) is 2.57. The number of hydrogen-bond acceptors (Lipinski definition) is 2. The SMILES string of the molecule is CC(C)=Cc1c(C(=O)O)cnn1-c1ccccc1C. The number of allylic oxidation sites excluding steroid dienone is 1. The number of carboxylic acids is 1. The van der Waals surface area contributed by atoms with E-state index >= 15 is 0 Å². The van der Waals surface area contributed by atoms with Gasteiger partial charge in [0.2, 0.25) is 0 Å². The summed E-state index contributed by atoms with van der Waals surface area (Å²) in [5, 5.41) is 13.4. The largest absolute Gasteiger partial charge is 0.478 e. The maximum Gasteiger partial charge on any atom is 0.339 e. The van der Waals surface area contributed by atoms with Crippen LogP contribution in [0, 0.1) is 6.92 Å². The minimum atomic E-state index is -0.965. The Morgan fingerprint density at radius 1 is 1.32 bits per heavy atom. The van der Waals surface area contributed by atoms with E-state index in [1.54, 1.807) is 4.68 Å². The van der Waals surface area contributed by atoms with Crippen LogP contribution in [0.25, 0.3) is 11.8 Å². The Morgan fingerprint density at radius 2 is 2.00 bits per heavy atom. The molecule has 0 spiro atoms. The molecule has 1 aromatic heterocycles. The van der Waals surface area contributed by atoms with Crippen LogP contribution < -0.4 is 0 Å². The molecule has 0 fully saturated rings. The summed E-state index contributed by atoms with van der Waals surface area (Å²) in [4.78, 5) is 11.3. The average molecular weight is 256 g/mol. The maximum atomic E-state index is 11.3. The highest BCUT2D eigenvalue weighted by Gasteiger charge is 2.16. The van der Waals surface area contributed by atoms with Crippen molar-refractivity contribution >= 4 is 12.0 Å². The van der Waals surface area contributed by atoms with Gasteiger partial charge in [0.25, 0.3) is 0 Å². The fourth-order valence-electron chi connectivity index (χ4n) is 1.93. The Hall–Kier alpha value is -2.36. The van der Waals surface area contributed by atoms with E-state index in [0.717, 1.165) is 16.8 Å². The smallest absolute Gasteiger partial charge is 0.339 e. The zero-order valence-corrected chi connectivity index (χ0v) is 11.2. The van der Waals surface area contributed by atoms with Gasteiger partial charge >= 0.3 is 5.97 Å². The van der Waals surface area contributed by atoms with Crippen molar-refractivity contribution in [3.63, 3.8) is 0 Å². The van der Waals surface area contributed by atoms with Crippen molar-refractivity contribution in [3.05, 3.63) is 52.9 Å². The van der Waals surface area contributed by atoms with E-state index < -0.39 is 5.97 Å². The Morgan fingerprint density at radius 3 is 2.58 bits per heavy atom. The molecule has 1 aromatic carbocycles. The zero-order chi connectivity index (χ0) is 14.0. The summed E-state index contributed by atoms with van der Waals surface area (Å²) >= 11 is 0. The molecule has 0 radical (unpaired) electrons. The molecule has 2 rings (SSSR count). The molecular formula is C15H16N2O2. The second-order valence-corrected chi connectivity index (χ2v) is 4.67. The van der Waals surface area contributed by atoms with E-state index in [0.29, 0.717) is 5.69 Å². The number of nitrogens with zero attached hydrogens (tertiary/aromatic N) is 2. The van der Waals surface area contributed by atoms with Gasteiger partial charge in [-0.15, -0.1) is 0 Å². The number of rotatable bonds is 3. The van der Waals surface area contributed by atoms with E-state index in [1.165, 1.54) is 6.20 Å². The topological polar surface area (TPSA) is 55.1 Å². The molecule has 19 heavy (non-hydrogen) atoms. The summed E-state index contributed by atoms with van der Waals surface area (Å²) in [6.07, 6.45) is 3.23. The predicted molar refractivity (Wildman–Crippen MR) is 74.6 cm³/mol. The molecule has 0 aliphatic heterocycles. The molecule has 0 bridgehead atoms. The van der Waals surface area contributed by atoms with E-state index in [1.807, 2.05) is 51.1 Å². The lowest BCUT2D eigenvalue weighted by Gasteiger charge is -2.08. The average Bonchev–Trinajstić information content (AvgIpc) is 2.72. The lowest BCUT2D eigenvalue weighted by atomic mass is 10.1. The molecule has 4 heteroatoms. The summed E-state index contributed by atoms with van der Waals surface area (Å²) < 4.78 is 1.67. The number of carboxylic acid groups (broad SMARTS) is 1. The molecule has 1 N–H and O–H groups in total. The zero-order valence-electron chi connectivity index (χ0n) is 11.2. The van der Waals surface area contributed by atoms with Crippen LogP contribution >= 0.6 is 0 Å². The van der Waals surface area contributed by atoms with Crippen molar-refractivity contribution in [2.75, 3.05) is 0 Å². The summed E-state index contributed by atoms with van der Waals surface area (Å²) in [6, 6.07) is 7.76. The van der Waals surface area contributed by atoms with Gasteiger partial charge < -0.3 is 5.11 Å². The van der Waals surface area contributed by atoms with Crippen LogP contribution in [0.4, 0.5) is 0 Å². The third-order valence-corrected chi connectivity index (χ3v) is 2.81. The van der Waals surface area contributed by atoms with Crippen LogP contribution in [0.5, 0.6) is 0 Å². The Bertz CT molecular complexity index is 650.